The smallest absolute Gasteiger partial charge is 0.0731 e. The number of hydrogen-bond donors (Lipinski definition) is 1. The van der Waals surface area contributed by atoms with E-state index >= 15 is 0 Å². The van der Waals surface area contributed by atoms with E-state index in [9.17, 15) is 0 Å². The molecule has 2 aromatic rings. The number of hydrogen-bond acceptors (Lipinski definition) is 2. The highest BCUT2D eigenvalue weighted by atomic mass is 16.3. The van der Waals surface area contributed by atoms with E-state index in [1.807, 2.05) is 43.3 Å². The lowest BCUT2D eigenvalue weighted by Crippen LogP contribution is -1.88. The van der Waals surface area contributed by atoms with Gasteiger partial charge < -0.3 is 5.11 Å². The highest BCUT2D eigenvalue weighted by Crippen LogP contribution is 2.20. The summed E-state index contributed by atoms with van der Waals surface area (Å²) in [4.78, 5) is 4.34. The molecular formula is C13H13NO. The summed E-state index contributed by atoms with van der Waals surface area (Å²) < 4.78 is 0. The summed E-state index contributed by atoms with van der Waals surface area (Å²) in [6, 6.07) is 11.8. The van der Waals surface area contributed by atoms with Gasteiger partial charge in [-0.15, -0.1) is 0 Å². The molecule has 0 unspecified atom stereocenters. The first-order chi connectivity index (χ1) is 7.31. The fraction of sp³-hybridized carbons (Fsp3) is 0.154. The number of aliphatic hydroxyl groups excluding tert-OH is 1. The fourth-order valence-electron chi connectivity index (χ4n) is 1.56. The van der Waals surface area contributed by atoms with Gasteiger partial charge in [0.05, 0.1) is 12.3 Å². The zero-order chi connectivity index (χ0) is 10.7. The maximum Gasteiger partial charge on any atom is 0.0731 e. The van der Waals surface area contributed by atoms with Crippen molar-refractivity contribution in [1.29, 1.82) is 0 Å². The zero-order valence-electron chi connectivity index (χ0n) is 8.64. The molecule has 0 saturated carbocycles. The zero-order valence-corrected chi connectivity index (χ0v) is 8.64. The Morgan fingerprint density at radius 2 is 1.87 bits per heavy atom. The van der Waals surface area contributed by atoms with Gasteiger partial charge in [0.15, 0.2) is 0 Å². The van der Waals surface area contributed by atoms with Crippen LogP contribution < -0.4 is 0 Å². The Bertz CT molecular complexity index is 448. The van der Waals surface area contributed by atoms with Crippen molar-refractivity contribution in [2.24, 2.45) is 0 Å². The van der Waals surface area contributed by atoms with Gasteiger partial charge >= 0.3 is 0 Å². The standard InChI is InChI=1S/C13H13NO/c1-10-3-2-8-14-13(10)12-6-4-11(9-15)5-7-12/h2-8,15H,9H2,1H3. The maximum absolute atomic E-state index is 8.94. The molecule has 1 aromatic carbocycles. The third-order valence-corrected chi connectivity index (χ3v) is 2.42. The van der Waals surface area contributed by atoms with Crippen molar-refractivity contribution in [1.82, 2.24) is 4.98 Å². The van der Waals surface area contributed by atoms with Gasteiger partial charge in [0.1, 0.15) is 0 Å². The Morgan fingerprint density at radius 1 is 1.13 bits per heavy atom. The van der Waals surface area contributed by atoms with Crippen LogP contribution in [0, 0.1) is 6.92 Å². The normalized spacial score (nSPS) is 10.3. The Balaban J connectivity index is 2.42. The van der Waals surface area contributed by atoms with E-state index in [-0.39, 0.29) is 6.61 Å². The minimum absolute atomic E-state index is 0.0848. The molecule has 0 amide bonds. The van der Waals surface area contributed by atoms with E-state index < -0.39 is 0 Å². The third-order valence-electron chi connectivity index (χ3n) is 2.42. The second-order valence-electron chi connectivity index (χ2n) is 3.52. The van der Waals surface area contributed by atoms with Gasteiger partial charge in [0.2, 0.25) is 0 Å². The average molecular weight is 199 g/mol. The summed E-state index contributed by atoms with van der Waals surface area (Å²) in [7, 11) is 0. The molecule has 2 heteroatoms. The highest BCUT2D eigenvalue weighted by molar-refractivity contribution is 5.62. The second kappa shape index (κ2) is 4.24. The molecule has 0 atom stereocenters. The van der Waals surface area contributed by atoms with Crippen LogP contribution in [0.1, 0.15) is 11.1 Å². The molecule has 2 rings (SSSR count). The summed E-state index contributed by atoms with van der Waals surface area (Å²) in [6.07, 6.45) is 1.79. The van der Waals surface area contributed by atoms with Crippen molar-refractivity contribution in [3.8, 4) is 11.3 Å². The number of aryl methyl sites for hydroxylation is 1. The molecule has 1 heterocycles. The molecule has 0 saturated heterocycles. The van der Waals surface area contributed by atoms with Crippen molar-refractivity contribution in [2.45, 2.75) is 13.5 Å². The molecule has 76 valence electrons. The summed E-state index contributed by atoms with van der Waals surface area (Å²) in [6.45, 7) is 2.13. The monoisotopic (exact) mass is 199 g/mol. The lowest BCUT2D eigenvalue weighted by molar-refractivity contribution is 0.282. The van der Waals surface area contributed by atoms with Gasteiger partial charge in [-0.05, 0) is 24.1 Å². The lowest BCUT2D eigenvalue weighted by Gasteiger charge is -2.04. The second-order valence-corrected chi connectivity index (χ2v) is 3.52. The van der Waals surface area contributed by atoms with E-state index in [1.165, 1.54) is 0 Å². The van der Waals surface area contributed by atoms with E-state index in [0.717, 1.165) is 22.4 Å². The Morgan fingerprint density at radius 3 is 2.47 bits per heavy atom. The Labute approximate surface area is 89.2 Å². The van der Waals surface area contributed by atoms with Crippen LogP contribution in [0.4, 0.5) is 0 Å². The van der Waals surface area contributed by atoms with Crippen LogP contribution in [0.25, 0.3) is 11.3 Å². The predicted molar refractivity (Wildman–Crippen MR) is 60.3 cm³/mol. The van der Waals surface area contributed by atoms with Crippen LogP contribution in [0.5, 0.6) is 0 Å². The Hall–Kier alpha value is -1.67. The van der Waals surface area contributed by atoms with Gasteiger partial charge in [-0.25, -0.2) is 0 Å². The Kier molecular flexibility index (Phi) is 2.79. The third kappa shape index (κ3) is 2.05. The first-order valence-electron chi connectivity index (χ1n) is 4.93. The average Bonchev–Trinajstić information content (AvgIpc) is 2.30. The van der Waals surface area contributed by atoms with Gasteiger partial charge in [-0.1, -0.05) is 30.3 Å². The minimum atomic E-state index is 0.0848. The van der Waals surface area contributed by atoms with Crippen molar-refractivity contribution >= 4 is 0 Å². The highest BCUT2D eigenvalue weighted by Gasteiger charge is 2.01. The molecule has 0 fully saturated rings. The van der Waals surface area contributed by atoms with Crippen LogP contribution in [0.3, 0.4) is 0 Å². The number of benzene rings is 1. The van der Waals surface area contributed by atoms with Crippen molar-refractivity contribution in [3.63, 3.8) is 0 Å². The topological polar surface area (TPSA) is 33.1 Å². The van der Waals surface area contributed by atoms with Crippen LogP contribution in [0.15, 0.2) is 42.6 Å². The largest absolute Gasteiger partial charge is 0.392 e. The van der Waals surface area contributed by atoms with E-state index in [0.29, 0.717) is 0 Å². The number of aliphatic hydroxyl groups is 1. The fourth-order valence-corrected chi connectivity index (χ4v) is 1.56. The number of pyridine rings is 1. The lowest BCUT2D eigenvalue weighted by atomic mass is 10.1. The van der Waals surface area contributed by atoms with Gasteiger partial charge in [0, 0.05) is 11.8 Å². The van der Waals surface area contributed by atoms with Crippen LogP contribution in [-0.4, -0.2) is 10.1 Å². The predicted octanol–water partition coefficient (Wildman–Crippen LogP) is 2.55. The van der Waals surface area contributed by atoms with Gasteiger partial charge in [-0.2, -0.15) is 0 Å². The van der Waals surface area contributed by atoms with Crippen molar-refractivity contribution in [3.05, 3.63) is 53.7 Å². The first kappa shape index (κ1) is 9.87. The SMILES string of the molecule is Cc1cccnc1-c1ccc(CO)cc1. The molecule has 0 spiro atoms. The number of aromatic nitrogens is 1. The quantitative estimate of drug-likeness (QED) is 0.806. The summed E-state index contributed by atoms with van der Waals surface area (Å²) in [5, 5.41) is 8.94. The molecule has 0 bridgehead atoms. The molecule has 15 heavy (non-hydrogen) atoms. The van der Waals surface area contributed by atoms with Crippen molar-refractivity contribution in [2.75, 3.05) is 0 Å². The molecule has 0 aliphatic carbocycles. The maximum atomic E-state index is 8.94. The number of nitrogens with zero attached hydrogens (tertiary/aromatic N) is 1. The van der Waals surface area contributed by atoms with Crippen LogP contribution >= 0.6 is 0 Å². The van der Waals surface area contributed by atoms with Gasteiger partial charge in [-0.3, -0.25) is 4.98 Å². The number of rotatable bonds is 2. The summed E-state index contributed by atoms with van der Waals surface area (Å²) in [5.41, 5.74) is 4.17. The minimum Gasteiger partial charge on any atom is -0.392 e. The molecule has 1 aromatic heterocycles. The molecule has 0 radical (unpaired) electrons. The molecular weight excluding hydrogens is 186 g/mol. The van der Waals surface area contributed by atoms with Gasteiger partial charge in [0.25, 0.3) is 0 Å². The van der Waals surface area contributed by atoms with Crippen molar-refractivity contribution < 1.29 is 5.11 Å². The molecule has 0 aliphatic heterocycles. The molecule has 1 N–H and O–H groups in total. The van der Waals surface area contributed by atoms with E-state index in [4.69, 9.17) is 5.11 Å². The first-order valence-corrected chi connectivity index (χ1v) is 4.93. The van der Waals surface area contributed by atoms with Crippen LogP contribution in [0.2, 0.25) is 0 Å². The van der Waals surface area contributed by atoms with Crippen LogP contribution in [-0.2, 0) is 6.61 Å². The summed E-state index contributed by atoms with van der Waals surface area (Å²) in [5.74, 6) is 0. The van der Waals surface area contributed by atoms with E-state index in [2.05, 4.69) is 4.98 Å². The summed E-state index contributed by atoms with van der Waals surface area (Å²) >= 11 is 0. The molecule has 0 aliphatic rings. The molecule has 2 nitrogen and oxygen atoms in total. The van der Waals surface area contributed by atoms with E-state index in [1.54, 1.807) is 6.20 Å².